The summed E-state index contributed by atoms with van der Waals surface area (Å²) >= 11 is 1.77. The second-order valence-corrected chi connectivity index (χ2v) is 8.32. The lowest BCUT2D eigenvalue weighted by atomic mass is 10.0. The van der Waals surface area contributed by atoms with Gasteiger partial charge in [0.15, 0.2) is 5.76 Å². The molecule has 30 heavy (non-hydrogen) atoms. The lowest BCUT2D eigenvalue weighted by Crippen LogP contribution is -2.33. The maximum Gasteiger partial charge on any atom is 0.231 e. The largest absolute Gasteiger partial charge is 0.497 e. The molecule has 3 aromatic rings. The van der Waals surface area contributed by atoms with Gasteiger partial charge in [0.2, 0.25) is 5.78 Å². The summed E-state index contributed by atoms with van der Waals surface area (Å²) in [6.07, 6.45) is 2.75. The van der Waals surface area contributed by atoms with Crippen LogP contribution in [0.4, 0.5) is 0 Å². The highest BCUT2D eigenvalue weighted by atomic mass is 32.1. The van der Waals surface area contributed by atoms with Crippen molar-refractivity contribution in [3.63, 3.8) is 0 Å². The number of benzene rings is 2. The number of allylic oxidation sites excluding steroid dienone is 1. The van der Waals surface area contributed by atoms with Crippen LogP contribution in [0.2, 0.25) is 0 Å². The van der Waals surface area contributed by atoms with Gasteiger partial charge in [-0.05, 0) is 53.8 Å². The predicted molar refractivity (Wildman–Crippen MR) is 116 cm³/mol. The summed E-state index contributed by atoms with van der Waals surface area (Å²) in [5.41, 5.74) is 2.42. The van der Waals surface area contributed by atoms with Gasteiger partial charge >= 0.3 is 0 Å². The zero-order valence-corrected chi connectivity index (χ0v) is 17.4. The van der Waals surface area contributed by atoms with Gasteiger partial charge in [-0.2, -0.15) is 0 Å². The molecule has 0 aliphatic carbocycles. The van der Waals surface area contributed by atoms with Gasteiger partial charge in [-0.1, -0.05) is 18.2 Å². The molecular weight excluding hydrogens is 398 g/mol. The molecule has 0 saturated heterocycles. The number of fused-ring (bicyclic) bond motifs is 3. The SMILES string of the molecule is COc1ccc(/C=C2\Oc3c(ccc4c3CN(CCc3cccs3)CO4)C2=O)cc1. The summed E-state index contributed by atoms with van der Waals surface area (Å²) in [6, 6.07) is 15.4. The molecule has 3 heterocycles. The van der Waals surface area contributed by atoms with Gasteiger partial charge in [0, 0.05) is 18.0 Å². The lowest BCUT2D eigenvalue weighted by molar-refractivity contribution is 0.0951. The van der Waals surface area contributed by atoms with Crippen molar-refractivity contribution in [2.24, 2.45) is 0 Å². The van der Waals surface area contributed by atoms with Gasteiger partial charge in [-0.3, -0.25) is 9.69 Å². The van der Waals surface area contributed by atoms with Crippen LogP contribution in [-0.4, -0.2) is 31.1 Å². The van der Waals surface area contributed by atoms with Gasteiger partial charge in [0.1, 0.15) is 24.0 Å². The van der Waals surface area contributed by atoms with Crippen molar-refractivity contribution in [1.29, 1.82) is 0 Å². The highest BCUT2D eigenvalue weighted by Crippen LogP contribution is 2.42. The minimum atomic E-state index is -0.0978. The number of rotatable bonds is 5. The van der Waals surface area contributed by atoms with E-state index in [-0.39, 0.29) is 5.78 Å². The Morgan fingerprint density at radius 1 is 1.17 bits per heavy atom. The maximum absolute atomic E-state index is 12.9. The number of hydrogen-bond acceptors (Lipinski definition) is 6. The van der Waals surface area contributed by atoms with Gasteiger partial charge in [0.05, 0.1) is 18.2 Å². The molecule has 0 radical (unpaired) electrons. The number of ketones is 1. The topological polar surface area (TPSA) is 48.0 Å². The number of hydrogen-bond donors (Lipinski definition) is 0. The maximum atomic E-state index is 12.9. The van der Waals surface area contributed by atoms with Crippen molar-refractivity contribution in [3.05, 3.63) is 81.2 Å². The second kappa shape index (κ2) is 7.97. The van der Waals surface area contributed by atoms with E-state index in [9.17, 15) is 4.79 Å². The first kappa shape index (κ1) is 18.9. The number of thiophene rings is 1. The molecule has 0 N–H and O–H groups in total. The first-order valence-electron chi connectivity index (χ1n) is 9.83. The third-order valence-electron chi connectivity index (χ3n) is 5.35. The van der Waals surface area contributed by atoms with Crippen LogP contribution >= 0.6 is 11.3 Å². The van der Waals surface area contributed by atoms with Crippen LogP contribution in [-0.2, 0) is 13.0 Å². The van der Waals surface area contributed by atoms with E-state index in [2.05, 4.69) is 22.4 Å². The Labute approximate surface area is 179 Å². The fraction of sp³-hybridized carbons (Fsp3) is 0.208. The van der Waals surface area contributed by atoms with Crippen molar-refractivity contribution >= 4 is 23.2 Å². The molecule has 2 aromatic carbocycles. The van der Waals surface area contributed by atoms with E-state index in [4.69, 9.17) is 14.2 Å². The molecule has 5 rings (SSSR count). The molecule has 2 aliphatic heterocycles. The van der Waals surface area contributed by atoms with E-state index in [1.165, 1.54) is 4.88 Å². The highest BCUT2D eigenvalue weighted by molar-refractivity contribution is 7.09. The normalized spacial score (nSPS) is 16.7. The van der Waals surface area contributed by atoms with Crippen LogP contribution in [0.1, 0.15) is 26.4 Å². The van der Waals surface area contributed by atoms with Gasteiger partial charge in [0.25, 0.3) is 0 Å². The Morgan fingerprint density at radius 2 is 2.03 bits per heavy atom. The molecule has 0 amide bonds. The zero-order valence-electron chi connectivity index (χ0n) is 16.6. The van der Waals surface area contributed by atoms with Crippen LogP contribution in [0.5, 0.6) is 17.2 Å². The lowest BCUT2D eigenvalue weighted by Gasteiger charge is -2.29. The second-order valence-electron chi connectivity index (χ2n) is 7.29. The van der Waals surface area contributed by atoms with Crippen molar-refractivity contribution in [2.75, 3.05) is 20.4 Å². The van der Waals surface area contributed by atoms with E-state index in [0.717, 1.165) is 35.6 Å². The summed E-state index contributed by atoms with van der Waals surface area (Å²) in [5.74, 6) is 2.42. The molecule has 5 nitrogen and oxygen atoms in total. The van der Waals surface area contributed by atoms with E-state index in [1.807, 2.05) is 30.3 Å². The molecule has 0 atom stereocenters. The third kappa shape index (κ3) is 3.60. The minimum absolute atomic E-state index is 0.0978. The smallest absolute Gasteiger partial charge is 0.231 e. The summed E-state index contributed by atoms with van der Waals surface area (Å²) in [6.45, 7) is 2.14. The Bertz CT molecular complexity index is 1100. The first-order valence-corrected chi connectivity index (χ1v) is 10.7. The molecule has 2 aliphatic rings. The molecule has 0 fully saturated rings. The predicted octanol–water partition coefficient (Wildman–Crippen LogP) is 4.77. The molecule has 0 bridgehead atoms. The molecule has 152 valence electrons. The molecule has 0 spiro atoms. The fourth-order valence-corrected chi connectivity index (χ4v) is 4.42. The van der Waals surface area contributed by atoms with Crippen LogP contribution in [0.25, 0.3) is 6.08 Å². The van der Waals surface area contributed by atoms with Crippen molar-refractivity contribution < 1.29 is 19.0 Å². The first-order chi connectivity index (χ1) is 14.7. The molecule has 6 heteroatoms. The average molecular weight is 420 g/mol. The van der Waals surface area contributed by atoms with Gasteiger partial charge < -0.3 is 14.2 Å². The number of Topliss-reactive ketones (excluding diaryl/α,β-unsaturated/α-hetero) is 1. The minimum Gasteiger partial charge on any atom is -0.497 e. The summed E-state index contributed by atoms with van der Waals surface area (Å²) in [7, 11) is 1.63. The molecule has 0 unspecified atom stereocenters. The fourth-order valence-electron chi connectivity index (χ4n) is 3.72. The third-order valence-corrected chi connectivity index (χ3v) is 6.29. The van der Waals surface area contributed by atoms with Crippen molar-refractivity contribution in [1.82, 2.24) is 4.90 Å². The number of carbonyl (C=O) groups excluding carboxylic acids is 1. The summed E-state index contributed by atoms with van der Waals surface area (Å²) in [4.78, 5) is 16.5. The number of methoxy groups -OCH3 is 1. The van der Waals surface area contributed by atoms with Gasteiger partial charge in [-0.15, -0.1) is 11.3 Å². The molecular formula is C24H21NO4S. The Kier molecular flexibility index (Phi) is 5.02. The number of carbonyl (C=O) groups is 1. The Morgan fingerprint density at radius 3 is 2.80 bits per heavy atom. The zero-order chi connectivity index (χ0) is 20.5. The van der Waals surface area contributed by atoms with Crippen molar-refractivity contribution in [2.45, 2.75) is 13.0 Å². The molecule has 1 aromatic heterocycles. The number of nitrogens with zero attached hydrogens (tertiary/aromatic N) is 1. The van der Waals surface area contributed by atoms with Crippen LogP contribution in [0.3, 0.4) is 0 Å². The van der Waals surface area contributed by atoms with E-state index in [0.29, 0.717) is 30.3 Å². The Hall–Kier alpha value is -3.09. The Balaban J connectivity index is 1.37. The van der Waals surface area contributed by atoms with E-state index < -0.39 is 0 Å². The van der Waals surface area contributed by atoms with Crippen LogP contribution in [0.15, 0.2) is 59.7 Å². The summed E-state index contributed by atoms with van der Waals surface area (Å²) in [5, 5.41) is 2.10. The van der Waals surface area contributed by atoms with Crippen LogP contribution < -0.4 is 14.2 Å². The highest BCUT2D eigenvalue weighted by Gasteiger charge is 2.33. The average Bonchev–Trinajstić information content (AvgIpc) is 3.41. The number of ether oxygens (including phenoxy) is 3. The van der Waals surface area contributed by atoms with Crippen LogP contribution in [0, 0.1) is 0 Å². The van der Waals surface area contributed by atoms with E-state index >= 15 is 0 Å². The van der Waals surface area contributed by atoms with Gasteiger partial charge in [-0.25, -0.2) is 0 Å². The summed E-state index contributed by atoms with van der Waals surface area (Å²) < 4.78 is 17.2. The van der Waals surface area contributed by atoms with E-state index in [1.54, 1.807) is 30.6 Å². The quantitative estimate of drug-likeness (QED) is 0.558. The standard InChI is InChI=1S/C24H21NO4S/c1-27-17-6-4-16(5-7-17)13-22-23(26)19-8-9-21-20(24(19)29-22)14-25(15-28-21)11-10-18-3-2-12-30-18/h2-9,12-13H,10-11,14-15H2,1H3/b22-13-. The van der Waals surface area contributed by atoms with Crippen molar-refractivity contribution in [3.8, 4) is 17.2 Å². The molecule has 0 saturated carbocycles. The monoisotopic (exact) mass is 419 g/mol.